The van der Waals surface area contributed by atoms with E-state index in [1.165, 1.54) is 11.1 Å². The van der Waals surface area contributed by atoms with E-state index in [1.54, 1.807) is 4.90 Å². The standard InChI is InChI=1S/C19H30N2O2.C18H28N2O2.CH3I.Na.H/c1-15-11-17(20(5)18(22)23-19(2,3)4)14-21(12-15)13-16-9-7-6-8-10-16;1-14-10-16(19-17(21)22-18(2,3)4)13-20(11-14)12-15-8-6-5-7-9-15;1-2;;/h6-10,15,17H,11-14H2,1-5H3;5-9,14,16H,10-13H2,1-4H3,(H,19,21);1H3;;/q;;;+1;-1/t15-,17-;14-,16-;;;/m11.../s1. The number of nitrogens with zero attached hydrogens (tertiary/aromatic N) is 3. The topological polar surface area (TPSA) is 74.3 Å². The summed E-state index contributed by atoms with van der Waals surface area (Å²) in [6.07, 6.45) is 1.49. The maximum absolute atomic E-state index is 12.3. The number of likely N-dealkylation sites (tertiary alicyclic amines) is 2. The van der Waals surface area contributed by atoms with Crippen molar-refractivity contribution in [3.63, 3.8) is 0 Å². The van der Waals surface area contributed by atoms with Crippen molar-refractivity contribution in [2.45, 2.75) is 105 Å². The zero-order valence-electron chi connectivity index (χ0n) is 32.6. The molecule has 0 bridgehead atoms. The van der Waals surface area contributed by atoms with Gasteiger partial charge < -0.3 is 21.1 Å². The Kier molecular flexibility index (Phi) is 20.2. The summed E-state index contributed by atoms with van der Waals surface area (Å²) >= 11 is 2.15. The number of hydrogen-bond acceptors (Lipinski definition) is 6. The molecule has 2 heterocycles. The first-order chi connectivity index (χ1) is 22.1. The fraction of sp³-hybridized carbons (Fsp3) is 0.632. The Balaban J connectivity index is 0.000000862. The Bertz CT molecular complexity index is 1200. The van der Waals surface area contributed by atoms with E-state index in [-0.39, 0.29) is 55.3 Å². The number of piperidine rings is 2. The molecule has 48 heavy (non-hydrogen) atoms. The minimum absolute atomic E-state index is 0. The molecule has 0 saturated carbocycles. The van der Waals surface area contributed by atoms with E-state index in [4.69, 9.17) is 9.47 Å². The molecule has 2 aromatic rings. The van der Waals surface area contributed by atoms with E-state index in [0.29, 0.717) is 11.8 Å². The van der Waals surface area contributed by atoms with Crippen LogP contribution in [0.2, 0.25) is 0 Å². The number of nitrogens with one attached hydrogen (secondary N) is 1. The van der Waals surface area contributed by atoms with Crippen LogP contribution in [0.5, 0.6) is 0 Å². The van der Waals surface area contributed by atoms with Gasteiger partial charge >= 0.3 is 41.7 Å². The van der Waals surface area contributed by atoms with Crippen molar-refractivity contribution in [2.75, 3.05) is 38.2 Å². The number of likely N-dealkylation sites (N-methyl/N-ethyl adjacent to an activating group) is 1. The molecular formula is C38H62IN4NaO4. The second-order valence-electron chi connectivity index (χ2n) is 15.1. The Labute approximate surface area is 329 Å². The van der Waals surface area contributed by atoms with E-state index in [2.05, 4.69) is 100 Å². The Hall–Kier alpha value is -1.37. The molecule has 2 aromatic carbocycles. The summed E-state index contributed by atoms with van der Waals surface area (Å²) in [5, 5.41) is 3.02. The third-order valence-electron chi connectivity index (χ3n) is 7.90. The van der Waals surface area contributed by atoms with Crippen LogP contribution in [0.1, 0.15) is 80.8 Å². The predicted octanol–water partition coefficient (Wildman–Crippen LogP) is 5.35. The summed E-state index contributed by atoms with van der Waals surface area (Å²) in [4.78, 5) is 32.9. The van der Waals surface area contributed by atoms with Gasteiger partial charge in [-0.15, -0.1) is 0 Å². The number of carbonyl (C=O) groups excluding carboxylic acids is 2. The minimum Gasteiger partial charge on any atom is -1.00 e. The average molecular weight is 789 g/mol. The van der Waals surface area contributed by atoms with E-state index in [1.807, 2.05) is 65.7 Å². The van der Waals surface area contributed by atoms with Crippen LogP contribution in [0.25, 0.3) is 0 Å². The van der Waals surface area contributed by atoms with Gasteiger partial charge in [0.1, 0.15) is 11.2 Å². The molecule has 4 atom stereocenters. The SMILES string of the molecule is CI.C[C@@H]1C[C@@H](N(C)C(=O)OC(C)(C)C)CN(Cc2ccccc2)C1.C[C@@H]1C[C@@H](NC(=O)OC(C)(C)C)CN(Cc2ccccc2)C1.[H-].[Na+]. The van der Waals surface area contributed by atoms with E-state index in [9.17, 15) is 9.59 Å². The van der Waals surface area contributed by atoms with Crippen LogP contribution in [0.3, 0.4) is 0 Å². The average Bonchev–Trinajstić information content (AvgIpc) is 2.97. The number of hydrogen-bond donors (Lipinski definition) is 1. The van der Waals surface area contributed by atoms with Gasteiger partial charge in [-0.25, -0.2) is 9.59 Å². The van der Waals surface area contributed by atoms with Gasteiger partial charge in [0.15, 0.2) is 0 Å². The minimum atomic E-state index is -0.450. The molecule has 266 valence electrons. The summed E-state index contributed by atoms with van der Waals surface area (Å²) in [5.74, 6) is 1.14. The number of ether oxygens (including phenoxy) is 2. The smallest absolute Gasteiger partial charge is 1.00 e. The Morgan fingerprint density at radius 1 is 0.771 bits per heavy atom. The first kappa shape index (κ1) is 44.7. The van der Waals surface area contributed by atoms with Crippen molar-refractivity contribution in [3.8, 4) is 0 Å². The molecule has 0 radical (unpaired) electrons. The van der Waals surface area contributed by atoms with Crippen molar-refractivity contribution >= 4 is 34.8 Å². The molecule has 4 rings (SSSR count). The van der Waals surface area contributed by atoms with Crippen LogP contribution < -0.4 is 34.9 Å². The molecule has 2 fully saturated rings. The summed E-state index contributed by atoms with van der Waals surface area (Å²) in [6.45, 7) is 21.7. The molecule has 2 aliphatic heterocycles. The van der Waals surface area contributed by atoms with E-state index < -0.39 is 11.2 Å². The molecular weight excluding hydrogens is 726 g/mol. The molecule has 1 N–H and O–H groups in total. The number of halogens is 1. The number of alkyl carbamates (subject to hydrolysis) is 1. The zero-order chi connectivity index (χ0) is 35.2. The zero-order valence-corrected chi connectivity index (χ0v) is 35.7. The monoisotopic (exact) mass is 788 g/mol. The maximum Gasteiger partial charge on any atom is 1.00 e. The van der Waals surface area contributed by atoms with Gasteiger partial charge in [-0.05, 0) is 82.3 Å². The van der Waals surface area contributed by atoms with Gasteiger partial charge in [-0.2, -0.15) is 0 Å². The molecule has 0 unspecified atom stereocenters. The van der Waals surface area contributed by atoms with E-state index >= 15 is 0 Å². The quantitative estimate of drug-likeness (QED) is 0.242. The van der Waals surface area contributed by atoms with Crippen LogP contribution in [0, 0.1) is 11.8 Å². The molecule has 0 spiro atoms. The number of rotatable bonds is 6. The number of carbonyl (C=O) groups is 2. The normalized spacial score (nSPS) is 21.6. The summed E-state index contributed by atoms with van der Waals surface area (Å²) in [5.41, 5.74) is 1.73. The van der Waals surface area contributed by atoms with Gasteiger partial charge in [0.05, 0.1) is 0 Å². The number of benzene rings is 2. The molecule has 8 nitrogen and oxygen atoms in total. The molecule has 2 amide bonds. The largest absolute Gasteiger partial charge is 1.00 e. The van der Waals surface area contributed by atoms with Crippen molar-refractivity contribution in [1.29, 1.82) is 0 Å². The van der Waals surface area contributed by atoms with Crippen LogP contribution in [0.4, 0.5) is 9.59 Å². The first-order valence-electron chi connectivity index (χ1n) is 16.9. The van der Waals surface area contributed by atoms with Gasteiger partial charge in [-0.3, -0.25) is 9.80 Å². The fourth-order valence-corrected chi connectivity index (χ4v) is 6.17. The Morgan fingerprint density at radius 3 is 1.67 bits per heavy atom. The first-order valence-corrected chi connectivity index (χ1v) is 19.1. The summed E-state index contributed by atoms with van der Waals surface area (Å²) in [7, 11) is 1.86. The third kappa shape index (κ3) is 18.0. The second-order valence-corrected chi connectivity index (χ2v) is 15.1. The van der Waals surface area contributed by atoms with Crippen molar-refractivity contribution < 1.29 is 50.0 Å². The fourth-order valence-electron chi connectivity index (χ4n) is 6.17. The van der Waals surface area contributed by atoms with Crippen LogP contribution in [-0.4, -0.2) is 88.3 Å². The van der Waals surface area contributed by atoms with Crippen LogP contribution in [0.15, 0.2) is 60.7 Å². The molecule has 0 aromatic heterocycles. The molecule has 0 aliphatic carbocycles. The second kappa shape index (κ2) is 21.8. The summed E-state index contributed by atoms with van der Waals surface area (Å²) in [6, 6.07) is 21.3. The number of amides is 2. The molecule has 2 saturated heterocycles. The van der Waals surface area contributed by atoms with E-state index in [0.717, 1.165) is 52.1 Å². The van der Waals surface area contributed by atoms with Crippen LogP contribution >= 0.6 is 22.6 Å². The maximum atomic E-state index is 12.3. The van der Waals surface area contributed by atoms with Gasteiger partial charge in [0, 0.05) is 58.4 Å². The van der Waals surface area contributed by atoms with Crippen molar-refractivity contribution in [2.24, 2.45) is 11.8 Å². The number of alkyl halides is 1. The van der Waals surface area contributed by atoms with Crippen LogP contribution in [-0.2, 0) is 22.6 Å². The van der Waals surface area contributed by atoms with Crippen molar-refractivity contribution in [3.05, 3.63) is 71.8 Å². The predicted molar refractivity (Wildman–Crippen MR) is 203 cm³/mol. The summed E-state index contributed by atoms with van der Waals surface area (Å²) < 4.78 is 10.9. The van der Waals surface area contributed by atoms with Gasteiger partial charge in [-0.1, -0.05) is 97.1 Å². The third-order valence-corrected chi connectivity index (χ3v) is 7.90. The van der Waals surface area contributed by atoms with Gasteiger partial charge in [0.2, 0.25) is 0 Å². The molecule has 10 heteroatoms. The van der Waals surface area contributed by atoms with Crippen molar-refractivity contribution in [1.82, 2.24) is 20.0 Å². The van der Waals surface area contributed by atoms with Gasteiger partial charge in [0.25, 0.3) is 0 Å². The Morgan fingerprint density at radius 2 is 1.21 bits per heavy atom. The molecule has 2 aliphatic rings.